The van der Waals surface area contributed by atoms with Crippen LogP contribution in [0.3, 0.4) is 0 Å². The topological polar surface area (TPSA) is 47.6 Å². The summed E-state index contributed by atoms with van der Waals surface area (Å²) in [6.45, 7) is 16.0. The zero-order valence-electron chi connectivity index (χ0n) is 20.5. The number of hydrogen-bond donors (Lipinski definition) is 1. The summed E-state index contributed by atoms with van der Waals surface area (Å²) in [6, 6.07) is 19.5. The zero-order chi connectivity index (χ0) is 25.3. The van der Waals surface area contributed by atoms with Crippen molar-refractivity contribution in [2.24, 2.45) is 0 Å². The van der Waals surface area contributed by atoms with Crippen molar-refractivity contribution in [3.63, 3.8) is 0 Å². The van der Waals surface area contributed by atoms with Gasteiger partial charge in [-0.15, -0.1) is 11.6 Å². The first-order valence-electron chi connectivity index (χ1n) is 11.0. The molecular formula is C28H38ClNO3. The van der Waals surface area contributed by atoms with Gasteiger partial charge in [0.05, 0.1) is 0 Å². The molecule has 0 aliphatic carbocycles. The van der Waals surface area contributed by atoms with Gasteiger partial charge in [0.25, 0.3) is 0 Å². The van der Waals surface area contributed by atoms with Crippen molar-refractivity contribution in [1.29, 1.82) is 0 Å². The van der Waals surface area contributed by atoms with Crippen LogP contribution in [0.2, 0.25) is 0 Å². The molecule has 0 heterocycles. The van der Waals surface area contributed by atoms with Gasteiger partial charge in [-0.05, 0) is 29.8 Å². The summed E-state index contributed by atoms with van der Waals surface area (Å²) in [5, 5.41) is 2.34. The molecule has 5 heteroatoms. The van der Waals surface area contributed by atoms with Gasteiger partial charge in [0, 0.05) is 7.05 Å². The summed E-state index contributed by atoms with van der Waals surface area (Å²) in [4.78, 5) is 9.94. The van der Waals surface area contributed by atoms with Crippen molar-refractivity contribution in [2.45, 2.75) is 34.3 Å². The Balaban J connectivity index is 0. The third-order valence-electron chi connectivity index (χ3n) is 3.42. The van der Waals surface area contributed by atoms with Crippen LogP contribution in [0.4, 0.5) is 0 Å². The normalized spacial score (nSPS) is 9.88. The third kappa shape index (κ3) is 16.1. The van der Waals surface area contributed by atoms with Crippen LogP contribution in [0, 0.1) is 0 Å². The maximum atomic E-state index is 9.94. The molecule has 0 unspecified atom stereocenters. The van der Waals surface area contributed by atoms with Crippen molar-refractivity contribution >= 4 is 17.5 Å². The van der Waals surface area contributed by atoms with Crippen LogP contribution in [0.1, 0.15) is 33.3 Å². The van der Waals surface area contributed by atoms with Crippen LogP contribution in [0.5, 0.6) is 5.75 Å². The summed E-state index contributed by atoms with van der Waals surface area (Å²) in [5.74, 6) is 1.81. The second-order valence-electron chi connectivity index (χ2n) is 5.52. The minimum atomic E-state index is -0.142. The molecule has 1 N–H and O–H groups in total. The maximum Gasteiger partial charge on any atom is 0.234 e. The molecule has 0 saturated carbocycles. The second-order valence-corrected chi connectivity index (χ2v) is 5.79. The van der Waals surface area contributed by atoms with Gasteiger partial charge in [0.1, 0.15) is 18.2 Å². The number of alkyl halides is 1. The summed E-state index contributed by atoms with van der Waals surface area (Å²) >= 11 is 5.04. The quantitative estimate of drug-likeness (QED) is 0.235. The molecule has 2 aromatic carbocycles. The highest BCUT2D eigenvalue weighted by Crippen LogP contribution is 2.19. The van der Waals surface area contributed by atoms with E-state index in [9.17, 15) is 4.79 Å². The number of ether oxygens (including phenoxy) is 2. The second kappa shape index (κ2) is 23.4. The van der Waals surface area contributed by atoms with Gasteiger partial charge in [-0.1, -0.05) is 102 Å². The monoisotopic (exact) mass is 471 g/mol. The largest absolute Gasteiger partial charge is 0.485 e. The van der Waals surface area contributed by atoms with Gasteiger partial charge >= 0.3 is 0 Å². The molecule has 0 spiro atoms. The van der Waals surface area contributed by atoms with Gasteiger partial charge in [-0.3, -0.25) is 4.79 Å². The Hall–Kier alpha value is -3.24. The van der Waals surface area contributed by atoms with E-state index in [1.54, 1.807) is 25.3 Å². The lowest BCUT2D eigenvalue weighted by molar-refractivity contribution is -0.118. The van der Waals surface area contributed by atoms with Crippen LogP contribution < -0.4 is 10.1 Å². The molecule has 2 rings (SSSR count). The van der Waals surface area contributed by atoms with Crippen molar-refractivity contribution < 1.29 is 14.3 Å². The molecule has 0 aliphatic heterocycles. The van der Waals surface area contributed by atoms with Gasteiger partial charge in [0.2, 0.25) is 5.91 Å². The molecule has 0 aliphatic rings. The Kier molecular flexibility index (Phi) is 22.7. The summed E-state index contributed by atoms with van der Waals surface area (Å²) in [7, 11) is 1.55. The van der Waals surface area contributed by atoms with Gasteiger partial charge in [-0.2, -0.15) is 0 Å². The van der Waals surface area contributed by atoms with Crippen molar-refractivity contribution in [3.8, 4) is 5.75 Å². The number of halogens is 1. The fourth-order valence-corrected chi connectivity index (χ4v) is 2.10. The summed E-state index contributed by atoms with van der Waals surface area (Å²) < 4.78 is 11.8. The zero-order valence-corrected chi connectivity index (χ0v) is 21.3. The molecule has 33 heavy (non-hydrogen) atoms. The van der Waals surface area contributed by atoms with Crippen molar-refractivity contribution in [1.82, 2.24) is 5.32 Å². The van der Waals surface area contributed by atoms with E-state index in [0.717, 1.165) is 11.3 Å². The lowest BCUT2D eigenvalue weighted by atomic mass is 10.2. The molecule has 1 amide bonds. The minimum Gasteiger partial charge on any atom is -0.485 e. The lowest BCUT2D eigenvalue weighted by Crippen LogP contribution is -2.18. The van der Waals surface area contributed by atoms with Crippen LogP contribution in [0.15, 0.2) is 110 Å². The van der Waals surface area contributed by atoms with Crippen LogP contribution in [-0.4, -0.2) is 18.8 Å². The molecule has 4 nitrogen and oxygen atoms in total. The fraction of sp³-hybridized carbons (Fsp3) is 0.250. The van der Waals surface area contributed by atoms with Crippen molar-refractivity contribution in [2.75, 3.05) is 12.9 Å². The molecular weight excluding hydrogens is 434 g/mol. The third-order valence-corrected chi connectivity index (χ3v) is 3.66. The molecule has 0 radical (unpaired) electrons. The van der Waals surface area contributed by atoms with Gasteiger partial charge in [-0.25, -0.2) is 0 Å². The maximum absolute atomic E-state index is 9.94. The fourth-order valence-electron chi connectivity index (χ4n) is 1.97. The van der Waals surface area contributed by atoms with E-state index < -0.39 is 0 Å². The predicted molar refractivity (Wildman–Crippen MR) is 142 cm³/mol. The number of para-hydroxylation sites is 1. The van der Waals surface area contributed by atoms with Gasteiger partial charge < -0.3 is 14.8 Å². The van der Waals surface area contributed by atoms with E-state index >= 15 is 0 Å². The predicted octanol–water partition coefficient (Wildman–Crippen LogP) is 7.45. The molecule has 0 aromatic heterocycles. The molecule has 0 atom stereocenters. The minimum absolute atomic E-state index is 0.0521. The Morgan fingerprint density at radius 3 is 1.91 bits per heavy atom. The average Bonchev–Trinajstić information content (AvgIpc) is 2.90. The number of benzene rings is 2. The Morgan fingerprint density at radius 1 is 0.939 bits per heavy atom. The standard InChI is InChI=1S/C21H20O2.C3H6ClNO.2C2H6/c1-3-5-16-21(23-19-14-10-7-11-15-19)20(4-2)22-17-18-12-8-6-9-13-18;1-5-3(6)2-4;2*1-2/h3-16H,1-2,17H2;2H2,1H3,(H,5,6);2*1-2H3/b16-5-,21-20-;;;. The van der Waals surface area contributed by atoms with E-state index in [0.29, 0.717) is 18.1 Å². The van der Waals surface area contributed by atoms with E-state index in [4.69, 9.17) is 21.1 Å². The average molecular weight is 472 g/mol. The Morgan fingerprint density at radius 2 is 1.48 bits per heavy atom. The highest BCUT2D eigenvalue weighted by molar-refractivity contribution is 6.27. The lowest BCUT2D eigenvalue weighted by Gasteiger charge is -2.13. The highest BCUT2D eigenvalue weighted by Gasteiger charge is 2.06. The number of carbonyl (C=O) groups is 1. The van der Waals surface area contributed by atoms with Crippen LogP contribution in [-0.2, 0) is 16.1 Å². The van der Waals surface area contributed by atoms with E-state index in [-0.39, 0.29) is 11.8 Å². The Bertz CT molecular complexity index is 810. The molecule has 0 saturated heterocycles. The summed E-state index contributed by atoms with van der Waals surface area (Å²) in [6.07, 6.45) is 6.94. The van der Waals surface area contributed by atoms with Crippen LogP contribution in [0.25, 0.3) is 0 Å². The number of amides is 1. The molecule has 0 fully saturated rings. The highest BCUT2D eigenvalue weighted by atomic mass is 35.5. The first kappa shape index (κ1) is 31.9. The van der Waals surface area contributed by atoms with Gasteiger partial charge in [0.15, 0.2) is 11.5 Å². The smallest absolute Gasteiger partial charge is 0.234 e. The number of nitrogens with one attached hydrogen (secondary N) is 1. The van der Waals surface area contributed by atoms with Crippen molar-refractivity contribution in [3.05, 3.63) is 115 Å². The van der Waals surface area contributed by atoms with E-state index in [1.165, 1.54) is 0 Å². The number of rotatable bonds is 9. The van der Waals surface area contributed by atoms with E-state index in [2.05, 4.69) is 18.5 Å². The Labute approximate surface area is 205 Å². The summed E-state index contributed by atoms with van der Waals surface area (Å²) in [5.41, 5.74) is 1.08. The number of hydrogen-bond acceptors (Lipinski definition) is 3. The molecule has 0 bridgehead atoms. The van der Waals surface area contributed by atoms with E-state index in [1.807, 2.05) is 94.4 Å². The molecule has 2 aromatic rings. The van der Waals surface area contributed by atoms with Crippen LogP contribution >= 0.6 is 11.6 Å². The number of carbonyl (C=O) groups excluding carboxylic acids is 1. The molecule has 180 valence electrons. The first-order valence-corrected chi connectivity index (χ1v) is 11.5. The SMILES string of the molecule is C=C/C=C\C(Oc1ccccc1)=C(/C=C)OCc1ccccc1.CC.CC.CNC(=O)CCl. The number of allylic oxidation sites excluding steroid dienone is 4. The first-order chi connectivity index (χ1) is 16.1.